The summed E-state index contributed by atoms with van der Waals surface area (Å²) in [5.41, 5.74) is 2.45. The standard InChI is InChI=1S/C6H14IN3/c1-5(2)10-6(7)3-4-9-8/h3-6,9-10H,8H2,1-2H3/b4-3-. The molecule has 0 aliphatic heterocycles. The molecule has 0 saturated heterocycles. The van der Waals surface area contributed by atoms with E-state index >= 15 is 0 Å². The molecule has 0 rings (SSSR count). The highest BCUT2D eigenvalue weighted by atomic mass is 127. The average molecular weight is 255 g/mol. The molecule has 1 unspecified atom stereocenters. The van der Waals surface area contributed by atoms with E-state index in [1.807, 2.05) is 6.08 Å². The third-order valence-corrected chi connectivity index (χ3v) is 1.63. The highest BCUT2D eigenvalue weighted by Gasteiger charge is 1.98. The van der Waals surface area contributed by atoms with Gasteiger partial charge >= 0.3 is 0 Å². The molecule has 0 aliphatic carbocycles. The van der Waals surface area contributed by atoms with E-state index in [0.29, 0.717) is 10.1 Å². The summed E-state index contributed by atoms with van der Waals surface area (Å²) in [6, 6.07) is 0.504. The van der Waals surface area contributed by atoms with Crippen molar-refractivity contribution in [3.8, 4) is 0 Å². The molecule has 0 amide bonds. The smallest absolute Gasteiger partial charge is 0.0798 e. The van der Waals surface area contributed by atoms with Crippen LogP contribution >= 0.6 is 22.6 Å². The maximum absolute atomic E-state index is 5.04. The lowest BCUT2D eigenvalue weighted by molar-refractivity contribution is 0.619. The van der Waals surface area contributed by atoms with Crippen LogP contribution in [0.2, 0.25) is 0 Å². The van der Waals surface area contributed by atoms with Crippen LogP contribution in [0.1, 0.15) is 13.8 Å². The molecule has 4 heteroatoms. The number of hydrogen-bond acceptors (Lipinski definition) is 3. The maximum Gasteiger partial charge on any atom is 0.0798 e. The summed E-state index contributed by atoms with van der Waals surface area (Å²) >= 11 is 2.29. The molecule has 0 radical (unpaired) electrons. The molecule has 60 valence electrons. The van der Waals surface area contributed by atoms with E-state index in [2.05, 4.69) is 47.2 Å². The van der Waals surface area contributed by atoms with Gasteiger partial charge in [-0.3, -0.25) is 5.84 Å². The minimum Gasteiger partial charge on any atom is -0.332 e. The zero-order valence-corrected chi connectivity index (χ0v) is 8.42. The van der Waals surface area contributed by atoms with Gasteiger partial charge in [-0.15, -0.1) is 0 Å². The van der Waals surface area contributed by atoms with Crippen molar-refractivity contribution in [3.05, 3.63) is 12.3 Å². The van der Waals surface area contributed by atoms with E-state index in [1.54, 1.807) is 6.20 Å². The third kappa shape index (κ3) is 6.31. The monoisotopic (exact) mass is 255 g/mol. The maximum atomic E-state index is 5.04. The fourth-order valence-electron chi connectivity index (χ4n) is 0.514. The number of rotatable bonds is 4. The molecule has 0 aromatic carbocycles. The van der Waals surface area contributed by atoms with Crippen molar-refractivity contribution in [3.63, 3.8) is 0 Å². The molecule has 0 spiro atoms. The number of nitrogens with two attached hydrogens (primary N) is 1. The molecule has 0 aromatic rings. The minimum atomic E-state index is 0.341. The Bertz CT molecular complexity index is 103. The first-order valence-corrected chi connectivity index (χ1v) is 4.44. The van der Waals surface area contributed by atoms with Gasteiger partial charge in [0.15, 0.2) is 0 Å². The summed E-state index contributed by atoms with van der Waals surface area (Å²) in [7, 11) is 0. The van der Waals surface area contributed by atoms with Crippen LogP contribution < -0.4 is 16.6 Å². The van der Waals surface area contributed by atoms with Gasteiger partial charge in [0.1, 0.15) is 0 Å². The SMILES string of the molecule is CC(C)NC(I)/C=C\NN. The molecule has 0 bridgehead atoms. The van der Waals surface area contributed by atoms with Crippen molar-refractivity contribution < 1.29 is 0 Å². The molecule has 0 aliphatic rings. The van der Waals surface area contributed by atoms with Crippen LogP contribution in [0.5, 0.6) is 0 Å². The van der Waals surface area contributed by atoms with Gasteiger partial charge in [-0.2, -0.15) is 0 Å². The van der Waals surface area contributed by atoms with Gasteiger partial charge in [-0.05, 0) is 19.9 Å². The van der Waals surface area contributed by atoms with Crippen molar-refractivity contribution in [2.45, 2.75) is 23.9 Å². The molecule has 1 atom stereocenters. The lowest BCUT2D eigenvalue weighted by atomic mass is 10.4. The van der Waals surface area contributed by atoms with Crippen LogP contribution in [0.15, 0.2) is 12.3 Å². The summed E-state index contributed by atoms with van der Waals surface area (Å²) in [6.07, 6.45) is 3.67. The third-order valence-electron chi connectivity index (χ3n) is 0.854. The first-order chi connectivity index (χ1) is 4.66. The molecule has 0 saturated carbocycles. The van der Waals surface area contributed by atoms with E-state index in [4.69, 9.17) is 5.84 Å². The molecule has 0 heterocycles. The summed E-state index contributed by atoms with van der Waals surface area (Å²) in [4.78, 5) is 0. The first kappa shape index (κ1) is 10.2. The summed E-state index contributed by atoms with van der Waals surface area (Å²) < 4.78 is 0.341. The van der Waals surface area contributed by atoms with E-state index < -0.39 is 0 Å². The summed E-state index contributed by atoms with van der Waals surface area (Å²) in [6.45, 7) is 4.21. The van der Waals surface area contributed by atoms with Crippen molar-refractivity contribution >= 4 is 22.6 Å². The Morgan fingerprint density at radius 1 is 1.50 bits per heavy atom. The molecule has 10 heavy (non-hydrogen) atoms. The Morgan fingerprint density at radius 3 is 2.50 bits per heavy atom. The number of hydrogen-bond donors (Lipinski definition) is 3. The summed E-state index contributed by atoms with van der Waals surface area (Å²) in [5, 5.41) is 3.28. The lowest BCUT2D eigenvalue weighted by Gasteiger charge is -2.10. The first-order valence-electron chi connectivity index (χ1n) is 3.19. The zero-order valence-electron chi connectivity index (χ0n) is 6.26. The van der Waals surface area contributed by atoms with E-state index in [-0.39, 0.29) is 0 Å². The number of halogens is 1. The van der Waals surface area contributed by atoms with Gasteiger partial charge in [0.25, 0.3) is 0 Å². The number of nitrogens with one attached hydrogen (secondary N) is 2. The largest absolute Gasteiger partial charge is 0.332 e. The van der Waals surface area contributed by atoms with Gasteiger partial charge in [-0.1, -0.05) is 22.6 Å². The van der Waals surface area contributed by atoms with Crippen LogP contribution in [0.25, 0.3) is 0 Å². The Hall–Kier alpha value is 0.190. The van der Waals surface area contributed by atoms with Gasteiger partial charge < -0.3 is 10.7 Å². The predicted octanol–water partition coefficient (Wildman–Crippen LogP) is 0.722. The Kier molecular flexibility index (Phi) is 6.05. The van der Waals surface area contributed by atoms with E-state index in [9.17, 15) is 0 Å². The Labute approximate surface area is 75.5 Å². The van der Waals surface area contributed by atoms with Crippen molar-refractivity contribution in [1.29, 1.82) is 0 Å². The Morgan fingerprint density at radius 2 is 2.10 bits per heavy atom. The molecular formula is C6H14IN3. The zero-order chi connectivity index (χ0) is 7.98. The van der Waals surface area contributed by atoms with Crippen molar-refractivity contribution in [2.24, 2.45) is 5.84 Å². The second-order valence-corrected chi connectivity index (χ2v) is 3.59. The van der Waals surface area contributed by atoms with Gasteiger partial charge in [0, 0.05) is 12.2 Å². The second-order valence-electron chi connectivity index (χ2n) is 2.25. The quantitative estimate of drug-likeness (QED) is 0.228. The fraction of sp³-hybridized carbons (Fsp3) is 0.667. The molecule has 0 fully saturated rings. The molecule has 0 aromatic heterocycles. The predicted molar refractivity (Wildman–Crippen MR) is 52.5 cm³/mol. The minimum absolute atomic E-state index is 0.341. The topological polar surface area (TPSA) is 50.1 Å². The molecular weight excluding hydrogens is 241 g/mol. The van der Waals surface area contributed by atoms with Crippen LogP contribution in [0, 0.1) is 0 Å². The van der Waals surface area contributed by atoms with E-state index in [0.717, 1.165) is 0 Å². The van der Waals surface area contributed by atoms with Crippen molar-refractivity contribution in [1.82, 2.24) is 10.7 Å². The van der Waals surface area contributed by atoms with Crippen molar-refractivity contribution in [2.75, 3.05) is 0 Å². The van der Waals surface area contributed by atoms with Crippen LogP contribution in [0.3, 0.4) is 0 Å². The fourth-order valence-corrected chi connectivity index (χ4v) is 1.44. The lowest BCUT2D eigenvalue weighted by Crippen LogP contribution is -2.29. The Balaban J connectivity index is 3.42. The normalized spacial score (nSPS) is 14.5. The second kappa shape index (κ2) is 5.94. The van der Waals surface area contributed by atoms with Crippen LogP contribution in [-0.4, -0.2) is 10.1 Å². The summed E-state index contributed by atoms with van der Waals surface area (Å²) in [5.74, 6) is 5.04. The number of alkyl halides is 1. The number of hydrazine groups is 1. The van der Waals surface area contributed by atoms with Gasteiger partial charge in [0.2, 0.25) is 0 Å². The molecule has 4 N–H and O–H groups in total. The van der Waals surface area contributed by atoms with E-state index in [1.165, 1.54) is 0 Å². The highest BCUT2D eigenvalue weighted by molar-refractivity contribution is 14.1. The van der Waals surface area contributed by atoms with Gasteiger partial charge in [0.05, 0.1) is 4.05 Å². The molecule has 3 nitrogen and oxygen atoms in total. The highest BCUT2D eigenvalue weighted by Crippen LogP contribution is 1.98. The van der Waals surface area contributed by atoms with Crippen LogP contribution in [0.4, 0.5) is 0 Å². The van der Waals surface area contributed by atoms with Crippen LogP contribution in [-0.2, 0) is 0 Å². The average Bonchev–Trinajstić information content (AvgIpc) is 1.82. The van der Waals surface area contributed by atoms with Gasteiger partial charge in [-0.25, -0.2) is 0 Å².